The molecule has 0 aliphatic heterocycles. The Bertz CT molecular complexity index is 635. The summed E-state index contributed by atoms with van der Waals surface area (Å²) >= 11 is 0. The third-order valence-electron chi connectivity index (χ3n) is 2.83. The van der Waals surface area contributed by atoms with Gasteiger partial charge in [-0.2, -0.15) is 4.31 Å². The molecule has 23 heavy (non-hydrogen) atoms. The summed E-state index contributed by atoms with van der Waals surface area (Å²) in [6, 6.07) is 5.11. The summed E-state index contributed by atoms with van der Waals surface area (Å²) in [6.07, 6.45) is -2.94. The largest absolute Gasteiger partial charge is 0.369 e. The molecule has 1 aromatic rings. The number of alkyl halides is 2. The van der Waals surface area contributed by atoms with Crippen molar-refractivity contribution in [2.24, 2.45) is 5.73 Å². The van der Waals surface area contributed by atoms with Gasteiger partial charge in [0.25, 0.3) is 6.43 Å². The quantitative estimate of drug-likeness (QED) is 0.685. The van der Waals surface area contributed by atoms with Crippen molar-refractivity contribution < 1.29 is 26.7 Å². The highest BCUT2D eigenvalue weighted by molar-refractivity contribution is 7.88. The number of sulfonamides is 1. The molecule has 0 aliphatic carbocycles. The molecular weight excluding hydrogens is 330 g/mol. The van der Waals surface area contributed by atoms with Crippen molar-refractivity contribution in [2.75, 3.05) is 13.3 Å². The lowest BCUT2D eigenvalue weighted by Crippen LogP contribution is -2.41. The second-order valence-electron chi connectivity index (χ2n) is 5.22. The van der Waals surface area contributed by atoms with Crippen LogP contribution in [0.3, 0.4) is 0 Å². The molecule has 1 amide bonds. The van der Waals surface area contributed by atoms with Crippen molar-refractivity contribution in [3.63, 3.8) is 0 Å². The number of hydrogen-bond acceptors (Lipinski definition) is 4. The Kier molecular flexibility index (Phi) is 7.04. The Hall–Kier alpha value is -1.58. The lowest BCUT2D eigenvalue weighted by Gasteiger charge is -2.22. The van der Waals surface area contributed by atoms with E-state index in [1.807, 2.05) is 0 Å². The van der Waals surface area contributed by atoms with Gasteiger partial charge in [0, 0.05) is 5.56 Å². The minimum atomic E-state index is -3.95. The highest BCUT2D eigenvalue weighted by Crippen LogP contribution is 2.21. The smallest absolute Gasteiger partial charge is 0.263 e. The van der Waals surface area contributed by atoms with Crippen molar-refractivity contribution in [1.29, 1.82) is 0 Å². The average Bonchev–Trinajstić information content (AvgIpc) is 2.42. The predicted molar refractivity (Wildman–Crippen MR) is 81.0 cm³/mol. The van der Waals surface area contributed by atoms with Crippen LogP contribution in [0, 0.1) is 0 Å². The molecule has 1 rings (SSSR count). The number of halogens is 2. The monoisotopic (exact) mass is 350 g/mol. The van der Waals surface area contributed by atoms with Crippen molar-refractivity contribution >= 4 is 15.9 Å². The van der Waals surface area contributed by atoms with E-state index in [1.165, 1.54) is 18.2 Å². The van der Waals surface area contributed by atoms with Crippen LogP contribution in [-0.2, 0) is 25.3 Å². The summed E-state index contributed by atoms with van der Waals surface area (Å²) < 4.78 is 56.1. The molecule has 0 aromatic heterocycles. The molecule has 6 nitrogen and oxygen atoms in total. The number of carbonyl (C=O) groups is 1. The van der Waals surface area contributed by atoms with E-state index < -0.39 is 34.7 Å². The molecule has 0 saturated carbocycles. The first-order chi connectivity index (χ1) is 10.6. The van der Waals surface area contributed by atoms with Gasteiger partial charge in [0.05, 0.1) is 18.4 Å². The predicted octanol–water partition coefficient (Wildman–Crippen LogP) is 1.62. The van der Waals surface area contributed by atoms with Crippen LogP contribution in [-0.4, -0.2) is 38.0 Å². The minimum absolute atomic E-state index is 0.196. The first-order valence-corrected chi connectivity index (χ1v) is 8.47. The third kappa shape index (κ3) is 6.59. The first kappa shape index (κ1) is 19.5. The van der Waals surface area contributed by atoms with E-state index >= 15 is 0 Å². The fourth-order valence-electron chi connectivity index (χ4n) is 1.75. The van der Waals surface area contributed by atoms with Crippen molar-refractivity contribution in [3.8, 4) is 0 Å². The van der Waals surface area contributed by atoms with Crippen molar-refractivity contribution in [2.45, 2.75) is 32.1 Å². The van der Waals surface area contributed by atoms with Crippen LogP contribution in [0.15, 0.2) is 24.3 Å². The normalized spacial score (nSPS) is 12.3. The Labute approximate surface area is 134 Å². The number of ether oxygens (including phenoxy) is 1. The van der Waals surface area contributed by atoms with Gasteiger partial charge in [-0.15, -0.1) is 0 Å². The zero-order chi connectivity index (χ0) is 17.6. The van der Waals surface area contributed by atoms with Crippen LogP contribution in [0.5, 0.6) is 0 Å². The second kappa shape index (κ2) is 8.32. The summed E-state index contributed by atoms with van der Waals surface area (Å²) in [4.78, 5) is 11.1. The zero-order valence-corrected chi connectivity index (χ0v) is 13.7. The standard InChI is InChI=1S/C14H20F2N2O4S/c1-10(2)22-9-18(7-13(17)19)23(20,21)8-11-4-3-5-12(6-11)14(15)16/h3-6,10,14H,7-9H2,1-2H3,(H2,17,19). The molecule has 0 heterocycles. The van der Waals surface area contributed by atoms with E-state index in [4.69, 9.17) is 10.5 Å². The van der Waals surface area contributed by atoms with Crippen LogP contribution in [0.2, 0.25) is 0 Å². The van der Waals surface area contributed by atoms with Gasteiger partial charge in [0.15, 0.2) is 0 Å². The van der Waals surface area contributed by atoms with Crippen molar-refractivity contribution in [1.82, 2.24) is 4.31 Å². The number of nitrogens with zero attached hydrogens (tertiary/aromatic N) is 1. The summed E-state index contributed by atoms with van der Waals surface area (Å²) in [7, 11) is -3.95. The van der Waals surface area contributed by atoms with Gasteiger partial charge in [-0.1, -0.05) is 18.2 Å². The van der Waals surface area contributed by atoms with Gasteiger partial charge in [-0.3, -0.25) is 4.79 Å². The molecule has 0 atom stereocenters. The molecule has 0 fully saturated rings. The van der Waals surface area contributed by atoms with Crippen LogP contribution < -0.4 is 5.73 Å². The molecular formula is C14H20F2N2O4S. The zero-order valence-electron chi connectivity index (χ0n) is 12.9. The minimum Gasteiger partial charge on any atom is -0.369 e. The van der Waals surface area contributed by atoms with Gasteiger partial charge < -0.3 is 10.5 Å². The highest BCUT2D eigenvalue weighted by atomic mass is 32.2. The van der Waals surface area contributed by atoms with Crippen LogP contribution in [0.25, 0.3) is 0 Å². The molecule has 130 valence electrons. The van der Waals surface area contributed by atoms with Gasteiger partial charge in [0.2, 0.25) is 15.9 Å². The molecule has 9 heteroatoms. The van der Waals surface area contributed by atoms with Gasteiger partial charge in [0.1, 0.15) is 6.73 Å². The van der Waals surface area contributed by atoms with Crippen LogP contribution >= 0.6 is 0 Å². The Morgan fingerprint density at radius 1 is 1.35 bits per heavy atom. The second-order valence-corrected chi connectivity index (χ2v) is 7.19. The van der Waals surface area contributed by atoms with E-state index in [1.54, 1.807) is 13.8 Å². The topological polar surface area (TPSA) is 89.7 Å². The number of hydrogen-bond donors (Lipinski definition) is 1. The lowest BCUT2D eigenvalue weighted by atomic mass is 10.1. The fourth-order valence-corrected chi connectivity index (χ4v) is 3.08. The van der Waals surface area contributed by atoms with E-state index in [9.17, 15) is 22.0 Å². The van der Waals surface area contributed by atoms with Crippen molar-refractivity contribution in [3.05, 3.63) is 35.4 Å². The molecule has 1 aromatic carbocycles. The first-order valence-electron chi connectivity index (χ1n) is 6.86. The van der Waals surface area contributed by atoms with Crippen LogP contribution in [0.4, 0.5) is 8.78 Å². The summed E-state index contributed by atoms with van der Waals surface area (Å²) in [5, 5.41) is 0. The third-order valence-corrected chi connectivity index (χ3v) is 4.55. The van der Waals surface area contributed by atoms with E-state index in [-0.39, 0.29) is 24.0 Å². The number of carbonyl (C=O) groups excluding carboxylic acids is 1. The number of benzene rings is 1. The molecule has 0 radical (unpaired) electrons. The maximum absolute atomic E-state index is 12.7. The van der Waals surface area contributed by atoms with E-state index in [0.717, 1.165) is 10.4 Å². The molecule has 0 saturated heterocycles. The Balaban J connectivity index is 2.95. The lowest BCUT2D eigenvalue weighted by molar-refractivity contribution is -0.119. The Morgan fingerprint density at radius 2 is 2.00 bits per heavy atom. The molecule has 0 unspecified atom stereocenters. The number of nitrogens with two attached hydrogens (primary N) is 1. The van der Waals surface area contributed by atoms with E-state index in [0.29, 0.717) is 0 Å². The maximum atomic E-state index is 12.7. The molecule has 0 bridgehead atoms. The summed E-state index contributed by atoms with van der Waals surface area (Å²) in [6.45, 7) is 2.55. The number of amides is 1. The molecule has 0 aliphatic rings. The van der Waals surface area contributed by atoms with E-state index in [2.05, 4.69) is 0 Å². The highest BCUT2D eigenvalue weighted by Gasteiger charge is 2.25. The Morgan fingerprint density at radius 3 is 2.52 bits per heavy atom. The van der Waals surface area contributed by atoms with Gasteiger partial charge in [-0.25, -0.2) is 17.2 Å². The molecule has 0 spiro atoms. The van der Waals surface area contributed by atoms with Crippen LogP contribution in [0.1, 0.15) is 31.4 Å². The SMILES string of the molecule is CC(C)OCN(CC(N)=O)S(=O)(=O)Cc1cccc(C(F)F)c1. The summed E-state index contributed by atoms with van der Waals surface area (Å²) in [5.74, 6) is -1.36. The number of rotatable bonds is 9. The summed E-state index contributed by atoms with van der Waals surface area (Å²) in [5.41, 5.74) is 4.98. The van der Waals surface area contributed by atoms with Gasteiger partial charge >= 0.3 is 0 Å². The van der Waals surface area contributed by atoms with Gasteiger partial charge in [-0.05, 0) is 25.5 Å². The number of primary amides is 1. The fraction of sp³-hybridized carbons (Fsp3) is 0.500. The average molecular weight is 350 g/mol. The maximum Gasteiger partial charge on any atom is 0.263 e. The molecule has 2 N–H and O–H groups in total.